The first kappa shape index (κ1) is 25.0. The van der Waals surface area contributed by atoms with Crippen LogP contribution in [0.1, 0.15) is 5.56 Å². The second-order valence-corrected chi connectivity index (χ2v) is 8.77. The van der Waals surface area contributed by atoms with Crippen molar-refractivity contribution in [1.29, 1.82) is 0 Å². The Balaban J connectivity index is 0.00000341. The van der Waals surface area contributed by atoms with E-state index in [-0.39, 0.29) is 34.5 Å². The average Bonchev–Trinajstić information content (AvgIpc) is 2.68. The lowest BCUT2D eigenvalue weighted by Gasteiger charge is -2.35. The number of likely N-dealkylation sites (N-methyl/N-ethyl adjacent to an activating group) is 1. The molecule has 31 heavy (non-hydrogen) atoms. The molecule has 0 radical (unpaired) electrons. The standard InChI is InChI=1S/C20H25F2N3O4S.ClH/c1-14-4-6-16(13-17(14)25-10-8-24(2)9-11-25)30(26,27)23-15-5-7-18(28-3)19(12-15)29-20(21)22;/h4-7,12-13,20,23H,8-11H2,1-3H3;1H. The molecule has 0 saturated carbocycles. The third kappa shape index (κ3) is 6.11. The van der Waals surface area contributed by atoms with Gasteiger partial charge in [-0.2, -0.15) is 8.78 Å². The zero-order chi connectivity index (χ0) is 21.9. The molecule has 0 aromatic heterocycles. The van der Waals surface area contributed by atoms with Gasteiger partial charge in [0.1, 0.15) is 0 Å². The topological polar surface area (TPSA) is 71.1 Å². The Bertz CT molecular complexity index is 1000. The summed E-state index contributed by atoms with van der Waals surface area (Å²) in [6.45, 7) is 2.28. The van der Waals surface area contributed by atoms with E-state index in [1.165, 1.54) is 25.3 Å². The lowest BCUT2D eigenvalue weighted by atomic mass is 10.1. The van der Waals surface area contributed by atoms with Gasteiger partial charge in [0.05, 0.1) is 17.7 Å². The molecular weight excluding hydrogens is 452 g/mol. The molecule has 7 nitrogen and oxygen atoms in total. The molecule has 1 aliphatic heterocycles. The highest BCUT2D eigenvalue weighted by atomic mass is 35.5. The summed E-state index contributed by atoms with van der Waals surface area (Å²) in [5.74, 6) is -0.180. The minimum absolute atomic E-state index is 0. The number of rotatable bonds is 7. The predicted molar refractivity (Wildman–Crippen MR) is 119 cm³/mol. The first-order valence-electron chi connectivity index (χ1n) is 9.39. The third-order valence-corrected chi connectivity index (χ3v) is 6.35. The number of nitrogens with zero attached hydrogens (tertiary/aromatic N) is 2. The molecule has 2 aromatic carbocycles. The zero-order valence-electron chi connectivity index (χ0n) is 17.5. The van der Waals surface area contributed by atoms with Crippen molar-refractivity contribution in [3.05, 3.63) is 42.0 Å². The molecule has 0 atom stereocenters. The van der Waals surface area contributed by atoms with Crippen molar-refractivity contribution >= 4 is 33.8 Å². The van der Waals surface area contributed by atoms with Gasteiger partial charge in [-0.15, -0.1) is 12.4 Å². The molecule has 3 rings (SSSR count). The minimum atomic E-state index is -3.94. The van der Waals surface area contributed by atoms with Crippen LogP contribution in [-0.4, -0.2) is 60.3 Å². The van der Waals surface area contributed by atoms with Crippen LogP contribution >= 0.6 is 12.4 Å². The normalized spacial score (nSPS) is 14.8. The van der Waals surface area contributed by atoms with Gasteiger partial charge in [-0.3, -0.25) is 4.72 Å². The fourth-order valence-corrected chi connectivity index (χ4v) is 4.36. The first-order chi connectivity index (χ1) is 14.2. The summed E-state index contributed by atoms with van der Waals surface area (Å²) in [7, 11) is -0.577. The van der Waals surface area contributed by atoms with E-state index in [0.29, 0.717) is 0 Å². The highest BCUT2D eigenvalue weighted by Crippen LogP contribution is 2.33. The summed E-state index contributed by atoms with van der Waals surface area (Å²) >= 11 is 0. The SMILES string of the molecule is COc1ccc(NS(=O)(=O)c2ccc(C)c(N3CCN(C)CC3)c2)cc1OC(F)F.Cl. The largest absolute Gasteiger partial charge is 0.493 e. The summed E-state index contributed by atoms with van der Waals surface area (Å²) in [6.07, 6.45) is 0. The maximum Gasteiger partial charge on any atom is 0.387 e. The highest BCUT2D eigenvalue weighted by Gasteiger charge is 2.21. The van der Waals surface area contributed by atoms with E-state index in [1.807, 2.05) is 6.92 Å². The van der Waals surface area contributed by atoms with Crippen molar-refractivity contribution in [2.75, 3.05) is 50.0 Å². The van der Waals surface area contributed by atoms with E-state index in [1.54, 1.807) is 12.1 Å². The number of hydrogen-bond acceptors (Lipinski definition) is 6. The van der Waals surface area contributed by atoms with Crippen molar-refractivity contribution in [2.45, 2.75) is 18.4 Å². The molecule has 11 heteroatoms. The minimum Gasteiger partial charge on any atom is -0.493 e. The molecule has 0 aliphatic carbocycles. The van der Waals surface area contributed by atoms with Gasteiger partial charge in [0, 0.05) is 37.9 Å². The lowest BCUT2D eigenvalue weighted by molar-refractivity contribution is -0.0511. The van der Waals surface area contributed by atoms with Crippen LogP contribution in [-0.2, 0) is 10.0 Å². The van der Waals surface area contributed by atoms with Gasteiger partial charge < -0.3 is 19.3 Å². The van der Waals surface area contributed by atoms with Crippen LogP contribution < -0.4 is 19.1 Å². The van der Waals surface area contributed by atoms with E-state index >= 15 is 0 Å². The van der Waals surface area contributed by atoms with Gasteiger partial charge in [0.15, 0.2) is 11.5 Å². The molecule has 1 aliphatic rings. The second-order valence-electron chi connectivity index (χ2n) is 7.09. The Labute approximate surface area is 187 Å². The first-order valence-corrected chi connectivity index (χ1v) is 10.9. The van der Waals surface area contributed by atoms with E-state index in [2.05, 4.69) is 26.3 Å². The molecule has 1 fully saturated rings. The average molecular weight is 478 g/mol. The molecule has 0 bridgehead atoms. The zero-order valence-corrected chi connectivity index (χ0v) is 19.1. The Morgan fingerprint density at radius 1 is 1.03 bits per heavy atom. The molecule has 0 unspecified atom stereocenters. The lowest BCUT2D eigenvalue weighted by Crippen LogP contribution is -2.44. The molecular formula is C20H26ClF2N3O4S. The number of piperazine rings is 1. The van der Waals surface area contributed by atoms with Crippen LogP contribution in [0.15, 0.2) is 41.3 Å². The number of ether oxygens (including phenoxy) is 2. The summed E-state index contributed by atoms with van der Waals surface area (Å²) in [5, 5.41) is 0. The molecule has 1 N–H and O–H groups in total. The van der Waals surface area contributed by atoms with Gasteiger partial charge >= 0.3 is 6.61 Å². The van der Waals surface area contributed by atoms with E-state index in [4.69, 9.17) is 4.74 Å². The van der Waals surface area contributed by atoms with Gasteiger partial charge in [0.2, 0.25) is 0 Å². The van der Waals surface area contributed by atoms with Gasteiger partial charge in [-0.1, -0.05) is 6.07 Å². The second kappa shape index (κ2) is 10.3. The van der Waals surface area contributed by atoms with Crippen molar-refractivity contribution in [3.8, 4) is 11.5 Å². The third-order valence-electron chi connectivity index (χ3n) is 4.97. The predicted octanol–water partition coefficient (Wildman–Crippen LogP) is 3.58. The van der Waals surface area contributed by atoms with Crippen LogP contribution in [0.4, 0.5) is 20.2 Å². The number of halogens is 3. The highest BCUT2D eigenvalue weighted by molar-refractivity contribution is 7.92. The molecule has 1 heterocycles. The number of alkyl halides is 2. The Morgan fingerprint density at radius 3 is 2.32 bits per heavy atom. The summed E-state index contributed by atoms with van der Waals surface area (Å²) in [4.78, 5) is 4.47. The van der Waals surface area contributed by atoms with Crippen LogP contribution in [0, 0.1) is 6.92 Å². The van der Waals surface area contributed by atoms with Crippen molar-refractivity contribution in [1.82, 2.24) is 4.90 Å². The fourth-order valence-electron chi connectivity index (χ4n) is 3.29. The van der Waals surface area contributed by atoms with Crippen molar-refractivity contribution < 1.29 is 26.7 Å². The summed E-state index contributed by atoms with van der Waals surface area (Å²) < 4.78 is 62.9. The Morgan fingerprint density at radius 2 is 1.71 bits per heavy atom. The molecule has 0 amide bonds. The quantitative estimate of drug-likeness (QED) is 0.657. The summed E-state index contributed by atoms with van der Waals surface area (Å²) in [5.41, 5.74) is 1.94. The number of nitrogens with one attached hydrogen (secondary N) is 1. The van der Waals surface area contributed by atoms with Gasteiger partial charge in [-0.05, 0) is 43.8 Å². The number of benzene rings is 2. The van der Waals surface area contributed by atoms with E-state index < -0.39 is 16.6 Å². The van der Waals surface area contributed by atoms with E-state index in [9.17, 15) is 17.2 Å². The van der Waals surface area contributed by atoms with Gasteiger partial charge in [-0.25, -0.2) is 8.42 Å². The fraction of sp³-hybridized carbons (Fsp3) is 0.400. The van der Waals surface area contributed by atoms with Crippen molar-refractivity contribution in [2.24, 2.45) is 0 Å². The number of methoxy groups -OCH3 is 1. The Hall–Kier alpha value is -2.30. The van der Waals surface area contributed by atoms with Crippen molar-refractivity contribution in [3.63, 3.8) is 0 Å². The monoisotopic (exact) mass is 477 g/mol. The number of sulfonamides is 1. The van der Waals surface area contributed by atoms with Crippen LogP contribution in [0.3, 0.4) is 0 Å². The van der Waals surface area contributed by atoms with Crippen LogP contribution in [0.25, 0.3) is 0 Å². The van der Waals surface area contributed by atoms with Crippen LogP contribution in [0.2, 0.25) is 0 Å². The summed E-state index contributed by atoms with van der Waals surface area (Å²) in [6, 6.07) is 8.88. The van der Waals surface area contributed by atoms with Gasteiger partial charge in [0.25, 0.3) is 10.0 Å². The maximum absolute atomic E-state index is 12.9. The maximum atomic E-state index is 12.9. The number of anilines is 2. The van der Waals surface area contributed by atoms with E-state index in [0.717, 1.165) is 43.5 Å². The Kier molecular flexibility index (Phi) is 8.33. The van der Waals surface area contributed by atoms with Crippen LogP contribution in [0.5, 0.6) is 11.5 Å². The molecule has 0 spiro atoms. The molecule has 1 saturated heterocycles. The molecule has 2 aromatic rings. The number of hydrogen-bond donors (Lipinski definition) is 1. The number of aryl methyl sites for hydroxylation is 1. The molecule has 172 valence electrons. The smallest absolute Gasteiger partial charge is 0.387 e.